The van der Waals surface area contributed by atoms with Gasteiger partial charge in [-0.05, 0) is 13.8 Å². The molecule has 0 aromatic heterocycles. The molecule has 0 aromatic rings. The van der Waals surface area contributed by atoms with Crippen molar-refractivity contribution in [3.8, 4) is 0 Å². The van der Waals surface area contributed by atoms with E-state index in [1.165, 1.54) is 6.92 Å². The second-order valence-electron chi connectivity index (χ2n) is 2.00. The number of carbonyl (C=O) groups excluding carboxylic acids is 2. The quantitative estimate of drug-likeness (QED) is 0.446. The number of allylic oxidation sites excluding steroid dienone is 1. The number of nitrogens with one attached hydrogen (secondary N) is 1. The van der Waals surface area contributed by atoms with Crippen LogP contribution in [0.25, 0.3) is 0 Å². The Morgan fingerprint density at radius 2 is 1.91 bits per heavy atom. The standard InChI is InChI=1S/C7H11NO3/c1-4-5(2)7(10)8-11-6(3)9/h4H,1-3H3,(H,8,10). The minimum atomic E-state index is -0.540. The van der Waals surface area contributed by atoms with Crippen LogP contribution in [0, 0.1) is 0 Å². The number of carbonyl (C=O) groups is 2. The van der Waals surface area contributed by atoms with Crippen molar-refractivity contribution in [3.05, 3.63) is 11.6 Å². The first-order valence-electron chi connectivity index (χ1n) is 3.18. The highest BCUT2D eigenvalue weighted by molar-refractivity contribution is 5.92. The molecule has 0 radical (unpaired) electrons. The minimum Gasteiger partial charge on any atom is -0.341 e. The molecule has 4 nitrogen and oxygen atoms in total. The summed E-state index contributed by atoms with van der Waals surface area (Å²) in [7, 11) is 0. The summed E-state index contributed by atoms with van der Waals surface area (Å²) >= 11 is 0. The van der Waals surface area contributed by atoms with Gasteiger partial charge in [-0.2, -0.15) is 5.48 Å². The zero-order chi connectivity index (χ0) is 8.85. The molecule has 4 heteroatoms. The molecular formula is C7H11NO3. The molecule has 0 bridgehead atoms. The van der Waals surface area contributed by atoms with Crippen molar-refractivity contribution in [2.24, 2.45) is 0 Å². The van der Waals surface area contributed by atoms with E-state index in [1.807, 2.05) is 5.48 Å². The second kappa shape index (κ2) is 4.49. The van der Waals surface area contributed by atoms with Crippen LogP contribution in [0.4, 0.5) is 0 Å². The first kappa shape index (κ1) is 9.68. The van der Waals surface area contributed by atoms with E-state index in [1.54, 1.807) is 19.9 Å². The average molecular weight is 157 g/mol. The lowest BCUT2D eigenvalue weighted by molar-refractivity contribution is -0.154. The Morgan fingerprint density at radius 1 is 1.36 bits per heavy atom. The maximum Gasteiger partial charge on any atom is 0.329 e. The van der Waals surface area contributed by atoms with Gasteiger partial charge in [0.05, 0.1) is 0 Å². The van der Waals surface area contributed by atoms with Crippen LogP contribution in [0.3, 0.4) is 0 Å². The van der Waals surface area contributed by atoms with Crippen LogP contribution in [-0.2, 0) is 14.4 Å². The molecule has 0 rings (SSSR count). The largest absolute Gasteiger partial charge is 0.341 e. The van der Waals surface area contributed by atoms with Gasteiger partial charge in [0.2, 0.25) is 0 Å². The molecule has 0 fully saturated rings. The molecule has 0 atom stereocenters. The lowest BCUT2D eigenvalue weighted by Gasteiger charge is -2.01. The summed E-state index contributed by atoms with van der Waals surface area (Å²) in [5.41, 5.74) is 2.48. The fourth-order valence-corrected chi connectivity index (χ4v) is 0.330. The van der Waals surface area contributed by atoms with Gasteiger partial charge in [-0.15, -0.1) is 0 Å². The van der Waals surface area contributed by atoms with Crippen LogP contribution in [0.2, 0.25) is 0 Å². The van der Waals surface area contributed by atoms with Crippen LogP contribution in [0.1, 0.15) is 20.8 Å². The van der Waals surface area contributed by atoms with Gasteiger partial charge in [0.25, 0.3) is 5.91 Å². The monoisotopic (exact) mass is 157 g/mol. The van der Waals surface area contributed by atoms with E-state index >= 15 is 0 Å². The van der Waals surface area contributed by atoms with E-state index in [9.17, 15) is 9.59 Å². The number of hydroxylamine groups is 1. The Balaban J connectivity index is 3.80. The van der Waals surface area contributed by atoms with Gasteiger partial charge in [-0.25, -0.2) is 0 Å². The molecule has 1 N–H and O–H groups in total. The van der Waals surface area contributed by atoms with E-state index in [2.05, 4.69) is 4.84 Å². The van der Waals surface area contributed by atoms with Crippen molar-refractivity contribution in [2.45, 2.75) is 20.8 Å². The molecule has 11 heavy (non-hydrogen) atoms. The molecule has 0 heterocycles. The van der Waals surface area contributed by atoms with E-state index in [0.29, 0.717) is 5.57 Å². The van der Waals surface area contributed by atoms with Gasteiger partial charge in [-0.3, -0.25) is 9.59 Å². The van der Waals surface area contributed by atoms with Gasteiger partial charge in [0.15, 0.2) is 0 Å². The minimum absolute atomic E-state index is 0.400. The zero-order valence-electron chi connectivity index (χ0n) is 6.80. The number of amides is 1. The van der Waals surface area contributed by atoms with Gasteiger partial charge in [0.1, 0.15) is 0 Å². The molecular weight excluding hydrogens is 146 g/mol. The van der Waals surface area contributed by atoms with Crippen LogP contribution in [0.5, 0.6) is 0 Å². The number of rotatable bonds is 1. The summed E-state index contributed by atoms with van der Waals surface area (Å²) in [5.74, 6) is -0.940. The maximum atomic E-state index is 10.8. The van der Waals surface area contributed by atoms with Crippen molar-refractivity contribution in [3.63, 3.8) is 0 Å². The second-order valence-corrected chi connectivity index (χ2v) is 2.00. The Hall–Kier alpha value is -1.32. The molecule has 0 spiro atoms. The summed E-state index contributed by atoms with van der Waals surface area (Å²) in [6.45, 7) is 4.56. The van der Waals surface area contributed by atoms with Gasteiger partial charge < -0.3 is 4.84 Å². The average Bonchev–Trinajstić information content (AvgIpc) is 1.98. The van der Waals surface area contributed by atoms with Crippen molar-refractivity contribution in [1.82, 2.24) is 5.48 Å². The van der Waals surface area contributed by atoms with Crippen LogP contribution < -0.4 is 5.48 Å². The fraction of sp³-hybridized carbons (Fsp3) is 0.429. The first-order chi connectivity index (χ1) is 5.07. The Morgan fingerprint density at radius 3 is 2.27 bits per heavy atom. The molecule has 62 valence electrons. The topological polar surface area (TPSA) is 55.4 Å². The third-order valence-corrected chi connectivity index (χ3v) is 1.08. The van der Waals surface area contributed by atoms with Crippen molar-refractivity contribution < 1.29 is 14.4 Å². The third kappa shape index (κ3) is 4.13. The molecule has 1 amide bonds. The molecule has 0 saturated heterocycles. The third-order valence-electron chi connectivity index (χ3n) is 1.08. The summed E-state index contributed by atoms with van der Waals surface area (Å²) in [6.07, 6.45) is 1.62. The Kier molecular flexibility index (Phi) is 3.95. The highest BCUT2D eigenvalue weighted by Crippen LogP contribution is 1.90. The van der Waals surface area contributed by atoms with Crippen LogP contribution in [0.15, 0.2) is 11.6 Å². The van der Waals surface area contributed by atoms with Gasteiger partial charge in [-0.1, -0.05) is 6.08 Å². The zero-order valence-corrected chi connectivity index (χ0v) is 6.80. The van der Waals surface area contributed by atoms with Crippen molar-refractivity contribution in [1.29, 1.82) is 0 Å². The fourth-order valence-electron chi connectivity index (χ4n) is 0.330. The van der Waals surface area contributed by atoms with Crippen LogP contribution in [-0.4, -0.2) is 11.9 Å². The van der Waals surface area contributed by atoms with Crippen molar-refractivity contribution >= 4 is 11.9 Å². The highest BCUT2D eigenvalue weighted by atomic mass is 16.7. The smallest absolute Gasteiger partial charge is 0.329 e. The highest BCUT2D eigenvalue weighted by Gasteiger charge is 2.02. The van der Waals surface area contributed by atoms with E-state index < -0.39 is 11.9 Å². The van der Waals surface area contributed by atoms with E-state index in [0.717, 1.165) is 0 Å². The molecule has 0 aliphatic rings. The lowest BCUT2D eigenvalue weighted by atomic mass is 10.3. The predicted molar refractivity (Wildman–Crippen MR) is 39.3 cm³/mol. The SMILES string of the molecule is CC=C(C)C(=O)NOC(C)=O. The predicted octanol–water partition coefficient (Wildman–Crippen LogP) is 0.547. The maximum absolute atomic E-state index is 10.8. The summed E-state index contributed by atoms with van der Waals surface area (Å²) in [5, 5.41) is 0. The summed E-state index contributed by atoms with van der Waals surface area (Å²) < 4.78 is 0. The molecule has 0 aliphatic carbocycles. The first-order valence-corrected chi connectivity index (χ1v) is 3.18. The summed E-state index contributed by atoms with van der Waals surface area (Å²) in [4.78, 5) is 25.3. The number of hydrogen-bond acceptors (Lipinski definition) is 3. The summed E-state index contributed by atoms with van der Waals surface area (Å²) in [6, 6.07) is 0. The van der Waals surface area contributed by atoms with Crippen LogP contribution >= 0.6 is 0 Å². The molecule has 0 aromatic carbocycles. The van der Waals surface area contributed by atoms with E-state index in [4.69, 9.17) is 0 Å². The van der Waals surface area contributed by atoms with Crippen molar-refractivity contribution in [2.75, 3.05) is 0 Å². The molecule has 0 saturated carbocycles. The Labute approximate surface area is 65.2 Å². The van der Waals surface area contributed by atoms with Gasteiger partial charge >= 0.3 is 5.97 Å². The molecule has 0 unspecified atom stereocenters. The van der Waals surface area contributed by atoms with E-state index in [-0.39, 0.29) is 0 Å². The lowest BCUT2D eigenvalue weighted by Crippen LogP contribution is -2.26. The number of hydrogen-bond donors (Lipinski definition) is 1. The molecule has 0 aliphatic heterocycles. The van der Waals surface area contributed by atoms with Gasteiger partial charge in [0, 0.05) is 12.5 Å². The Bertz CT molecular complexity index is 196. The normalized spacial score (nSPS) is 10.6.